The Hall–Kier alpha value is -3.33. The van der Waals surface area contributed by atoms with Crippen LogP contribution in [0.1, 0.15) is 27.3 Å². The second-order valence-corrected chi connectivity index (χ2v) is 7.83. The molecule has 0 spiro atoms. The summed E-state index contributed by atoms with van der Waals surface area (Å²) >= 11 is 0. The van der Waals surface area contributed by atoms with Gasteiger partial charge in [0.2, 0.25) is 0 Å². The molecule has 9 heteroatoms. The highest BCUT2D eigenvalue weighted by Crippen LogP contribution is 2.21. The van der Waals surface area contributed by atoms with E-state index >= 15 is 0 Å². The molecule has 1 fully saturated rings. The fourth-order valence-corrected chi connectivity index (χ4v) is 3.90. The van der Waals surface area contributed by atoms with E-state index in [1.54, 1.807) is 26.2 Å². The van der Waals surface area contributed by atoms with Crippen LogP contribution in [0.25, 0.3) is 11.0 Å². The molecule has 0 radical (unpaired) electrons. The van der Waals surface area contributed by atoms with Gasteiger partial charge in [0.1, 0.15) is 16.9 Å². The third-order valence-electron chi connectivity index (χ3n) is 5.63. The summed E-state index contributed by atoms with van der Waals surface area (Å²) in [6.07, 6.45) is 1.73. The van der Waals surface area contributed by atoms with Crippen LogP contribution in [-0.2, 0) is 6.54 Å². The molecule has 2 aromatic heterocycles. The van der Waals surface area contributed by atoms with Crippen LogP contribution in [0.2, 0.25) is 0 Å². The van der Waals surface area contributed by atoms with Crippen LogP contribution in [0.4, 0.5) is 10.1 Å². The van der Waals surface area contributed by atoms with E-state index in [1.807, 2.05) is 13.0 Å². The first-order valence-electron chi connectivity index (χ1n) is 10.2. The second-order valence-electron chi connectivity index (χ2n) is 7.83. The van der Waals surface area contributed by atoms with Crippen LogP contribution in [-0.4, -0.2) is 59.0 Å². The van der Waals surface area contributed by atoms with Crippen molar-refractivity contribution in [3.05, 3.63) is 63.1 Å². The standard InChI is InChI=1S/C22H25FN6O2/c1-13-8-16(11-25-19(13)22(31)24-3)29-6-4-28(5-7-29)12-15-9-17(23)20-18(10-15)27-21(30)14(2)26-20/h8-11H,4-7,12H2,1-3H3,(H,24,31)(H,27,30). The van der Waals surface area contributed by atoms with Gasteiger partial charge in [-0.15, -0.1) is 0 Å². The topological polar surface area (TPSA) is 94.2 Å². The number of nitrogens with zero attached hydrogens (tertiary/aromatic N) is 4. The number of rotatable bonds is 4. The van der Waals surface area contributed by atoms with Crippen molar-refractivity contribution in [2.24, 2.45) is 0 Å². The molecule has 1 aromatic carbocycles. The number of piperazine rings is 1. The predicted octanol–water partition coefficient (Wildman–Crippen LogP) is 1.76. The van der Waals surface area contributed by atoms with Crippen molar-refractivity contribution in [3.63, 3.8) is 0 Å². The third kappa shape index (κ3) is 4.27. The molecular formula is C22H25FN6O2. The van der Waals surface area contributed by atoms with Gasteiger partial charge < -0.3 is 15.2 Å². The number of anilines is 1. The first-order chi connectivity index (χ1) is 14.9. The number of fused-ring (bicyclic) bond motifs is 1. The summed E-state index contributed by atoms with van der Waals surface area (Å²) in [7, 11) is 1.59. The van der Waals surface area contributed by atoms with Gasteiger partial charge in [0.05, 0.1) is 17.4 Å². The SMILES string of the molecule is CNC(=O)c1ncc(N2CCN(Cc3cc(F)c4nc(C)c(=O)[nH]c4c3)CC2)cc1C. The maximum Gasteiger partial charge on any atom is 0.269 e. The molecule has 1 aliphatic rings. The molecule has 162 valence electrons. The Labute approximate surface area is 179 Å². The first-order valence-corrected chi connectivity index (χ1v) is 10.2. The smallest absolute Gasteiger partial charge is 0.269 e. The summed E-state index contributed by atoms with van der Waals surface area (Å²) in [5, 5.41) is 2.60. The summed E-state index contributed by atoms with van der Waals surface area (Å²) in [6, 6.07) is 5.27. The summed E-state index contributed by atoms with van der Waals surface area (Å²) in [5.41, 5.74) is 3.62. The van der Waals surface area contributed by atoms with E-state index in [9.17, 15) is 14.0 Å². The van der Waals surface area contributed by atoms with Crippen LogP contribution in [0.3, 0.4) is 0 Å². The number of aryl methyl sites for hydroxylation is 2. The summed E-state index contributed by atoms with van der Waals surface area (Å²) in [4.78, 5) is 39.2. The number of nitrogens with one attached hydrogen (secondary N) is 2. The number of aromatic nitrogens is 3. The largest absolute Gasteiger partial charge is 0.368 e. The Morgan fingerprint density at radius 1 is 1.19 bits per heavy atom. The highest BCUT2D eigenvalue weighted by molar-refractivity contribution is 5.93. The van der Waals surface area contributed by atoms with E-state index in [0.29, 0.717) is 17.8 Å². The van der Waals surface area contributed by atoms with Crippen molar-refractivity contribution in [2.45, 2.75) is 20.4 Å². The molecule has 0 atom stereocenters. The van der Waals surface area contributed by atoms with Gasteiger partial charge in [-0.05, 0) is 43.2 Å². The monoisotopic (exact) mass is 424 g/mol. The fourth-order valence-electron chi connectivity index (χ4n) is 3.90. The Bertz CT molecular complexity index is 1200. The number of halogens is 1. The lowest BCUT2D eigenvalue weighted by Crippen LogP contribution is -2.46. The van der Waals surface area contributed by atoms with Crippen molar-refractivity contribution in [1.29, 1.82) is 0 Å². The van der Waals surface area contributed by atoms with Gasteiger partial charge in [-0.1, -0.05) is 0 Å². The Morgan fingerprint density at radius 2 is 1.94 bits per heavy atom. The lowest BCUT2D eigenvalue weighted by atomic mass is 10.1. The molecule has 1 amide bonds. The van der Waals surface area contributed by atoms with Gasteiger partial charge in [0.25, 0.3) is 11.5 Å². The lowest BCUT2D eigenvalue weighted by Gasteiger charge is -2.36. The zero-order valence-corrected chi connectivity index (χ0v) is 17.8. The minimum atomic E-state index is -0.428. The van der Waals surface area contributed by atoms with Crippen molar-refractivity contribution < 1.29 is 9.18 Å². The molecule has 1 aliphatic heterocycles. The molecule has 0 unspecified atom stereocenters. The molecule has 3 heterocycles. The van der Waals surface area contributed by atoms with E-state index in [4.69, 9.17) is 0 Å². The lowest BCUT2D eigenvalue weighted by molar-refractivity contribution is 0.0957. The Morgan fingerprint density at radius 3 is 2.61 bits per heavy atom. The summed E-state index contributed by atoms with van der Waals surface area (Å²) in [5.74, 6) is -0.619. The summed E-state index contributed by atoms with van der Waals surface area (Å²) in [6.45, 7) is 7.24. The van der Waals surface area contributed by atoms with Gasteiger partial charge in [-0.3, -0.25) is 14.5 Å². The van der Waals surface area contributed by atoms with E-state index in [2.05, 4.69) is 30.1 Å². The quantitative estimate of drug-likeness (QED) is 0.663. The number of benzene rings is 1. The normalized spacial score (nSPS) is 14.8. The molecule has 8 nitrogen and oxygen atoms in total. The van der Waals surface area contributed by atoms with Crippen LogP contribution in [0.5, 0.6) is 0 Å². The minimum Gasteiger partial charge on any atom is -0.368 e. The Kier molecular flexibility index (Phi) is 5.69. The molecule has 1 saturated heterocycles. The van der Waals surface area contributed by atoms with Crippen LogP contribution in [0.15, 0.2) is 29.2 Å². The first kappa shape index (κ1) is 20.9. The molecule has 31 heavy (non-hydrogen) atoms. The highest BCUT2D eigenvalue weighted by atomic mass is 19.1. The predicted molar refractivity (Wildman–Crippen MR) is 117 cm³/mol. The van der Waals surface area contributed by atoms with E-state index < -0.39 is 5.82 Å². The van der Waals surface area contributed by atoms with E-state index in [1.165, 1.54) is 6.07 Å². The van der Waals surface area contributed by atoms with Gasteiger partial charge in [-0.25, -0.2) is 14.4 Å². The molecular weight excluding hydrogens is 399 g/mol. The number of hydrogen-bond donors (Lipinski definition) is 2. The molecule has 0 aliphatic carbocycles. The number of H-pyrrole nitrogens is 1. The van der Waals surface area contributed by atoms with E-state index in [-0.39, 0.29) is 22.7 Å². The van der Waals surface area contributed by atoms with Gasteiger partial charge >= 0.3 is 0 Å². The van der Waals surface area contributed by atoms with Crippen molar-refractivity contribution >= 4 is 22.6 Å². The average Bonchev–Trinajstić information content (AvgIpc) is 2.75. The minimum absolute atomic E-state index is 0.189. The summed E-state index contributed by atoms with van der Waals surface area (Å²) < 4.78 is 14.5. The highest BCUT2D eigenvalue weighted by Gasteiger charge is 2.20. The van der Waals surface area contributed by atoms with Crippen LogP contribution < -0.4 is 15.8 Å². The zero-order chi connectivity index (χ0) is 22.1. The van der Waals surface area contributed by atoms with Crippen molar-refractivity contribution in [1.82, 2.24) is 25.2 Å². The second kappa shape index (κ2) is 8.43. The van der Waals surface area contributed by atoms with Gasteiger partial charge in [0, 0.05) is 39.8 Å². The number of carbonyl (C=O) groups is 1. The Balaban J connectivity index is 1.44. The van der Waals surface area contributed by atoms with Crippen LogP contribution in [0, 0.1) is 19.7 Å². The number of hydrogen-bond acceptors (Lipinski definition) is 6. The molecule has 0 saturated carbocycles. The van der Waals surface area contributed by atoms with Gasteiger partial charge in [0.15, 0.2) is 5.82 Å². The fraction of sp³-hybridized carbons (Fsp3) is 0.364. The maximum absolute atomic E-state index is 14.5. The molecule has 4 rings (SSSR count). The van der Waals surface area contributed by atoms with Crippen molar-refractivity contribution in [3.8, 4) is 0 Å². The molecule has 2 N–H and O–H groups in total. The molecule has 0 bridgehead atoms. The van der Waals surface area contributed by atoms with Gasteiger partial charge in [-0.2, -0.15) is 0 Å². The third-order valence-corrected chi connectivity index (χ3v) is 5.63. The molecule has 3 aromatic rings. The maximum atomic E-state index is 14.5. The van der Waals surface area contributed by atoms with Crippen molar-refractivity contribution in [2.75, 3.05) is 38.1 Å². The number of amides is 1. The van der Waals surface area contributed by atoms with Crippen LogP contribution >= 0.6 is 0 Å². The number of carbonyl (C=O) groups excluding carboxylic acids is 1. The number of aromatic amines is 1. The van der Waals surface area contributed by atoms with E-state index in [0.717, 1.165) is 43.0 Å². The zero-order valence-electron chi connectivity index (χ0n) is 17.8. The average molecular weight is 424 g/mol. The number of pyridine rings is 1.